The summed E-state index contributed by atoms with van der Waals surface area (Å²) in [4.78, 5) is 4.48. The van der Waals surface area contributed by atoms with E-state index in [9.17, 15) is 31.8 Å². The summed E-state index contributed by atoms with van der Waals surface area (Å²) in [6, 6.07) is 4.89. The predicted molar refractivity (Wildman–Crippen MR) is 141 cm³/mol. The van der Waals surface area contributed by atoms with Crippen molar-refractivity contribution in [3.05, 3.63) is 53.0 Å². The molecule has 2 fully saturated rings. The van der Waals surface area contributed by atoms with Crippen LogP contribution in [-0.2, 0) is 20.4 Å². The van der Waals surface area contributed by atoms with E-state index < -0.39 is 21.8 Å². The lowest BCUT2D eigenvalue weighted by molar-refractivity contribution is -0.258. The monoisotopic (exact) mass is 575 g/mol. The molecule has 2 N–H and O–H groups in total. The molecule has 4 rings (SSSR count). The molecule has 0 saturated carbocycles. The molecule has 13 heteroatoms. The molecule has 0 spiro atoms. The highest BCUT2D eigenvalue weighted by Crippen LogP contribution is 2.39. The van der Waals surface area contributed by atoms with Crippen molar-refractivity contribution < 1.29 is 36.5 Å². The molecule has 0 amide bonds. The summed E-state index contributed by atoms with van der Waals surface area (Å²) in [6.45, 7) is 2.95. The van der Waals surface area contributed by atoms with Crippen LogP contribution in [0, 0.1) is 0 Å². The average molecular weight is 576 g/mol. The van der Waals surface area contributed by atoms with Crippen molar-refractivity contribution in [2.45, 2.75) is 37.2 Å². The summed E-state index contributed by atoms with van der Waals surface area (Å²) in [5, 5.41) is 19.9. The van der Waals surface area contributed by atoms with Crippen molar-refractivity contribution in [2.24, 2.45) is 0 Å². The number of halogens is 3. The summed E-state index contributed by atoms with van der Waals surface area (Å²) in [5.41, 5.74) is -2.68. The van der Waals surface area contributed by atoms with Gasteiger partial charge in [0.05, 0.1) is 36.8 Å². The molecule has 2 aliphatic heterocycles. The van der Waals surface area contributed by atoms with Crippen molar-refractivity contribution >= 4 is 32.8 Å². The molecule has 3 atom stereocenters. The second-order valence-electron chi connectivity index (χ2n) is 9.82. The third-order valence-electron chi connectivity index (χ3n) is 7.34. The first-order valence-corrected chi connectivity index (χ1v) is 14.2. The highest BCUT2D eigenvalue weighted by atomic mass is 32.2. The molecule has 0 bridgehead atoms. The Morgan fingerprint density at radius 1 is 1.13 bits per heavy atom. The summed E-state index contributed by atoms with van der Waals surface area (Å²) >= 11 is 5.32. The average Bonchev–Trinajstić information content (AvgIpc) is 2.88. The maximum atomic E-state index is 13.5. The second kappa shape index (κ2) is 11.3. The van der Waals surface area contributed by atoms with Gasteiger partial charge in [-0.3, -0.25) is 4.90 Å². The van der Waals surface area contributed by atoms with Gasteiger partial charge < -0.3 is 19.8 Å². The first-order chi connectivity index (χ1) is 17.9. The van der Waals surface area contributed by atoms with Crippen LogP contribution in [0.5, 0.6) is 0 Å². The van der Waals surface area contributed by atoms with Crippen LogP contribution in [0.4, 0.5) is 18.9 Å². The maximum absolute atomic E-state index is 13.5. The van der Waals surface area contributed by atoms with E-state index in [4.69, 9.17) is 17.0 Å². The lowest BCUT2D eigenvalue weighted by Crippen LogP contribution is -2.61. The van der Waals surface area contributed by atoms with Gasteiger partial charge in [0.25, 0.3) is 0 Å². The van der Waals surface area contributed by atoms with Crippen LogP contribution in [0.2, 0.25) is 0 Å². The molecule has 1 aromatic rings. The van der Waals surface area contributed by atoms with E-state index in [1.165, 1.54) is 34.6 Å². The number of sulfonamides is 1. The zero-order chi connectivity index (χ0) is 27.7. The molecule has 0 unspecified atom stereocenters. The van der Waals surface area contributed by atoms with E-state index in [2.05, 4.69) is 0 Å². The van der Waals surface area contributed by atoms with Crippen molar-refractivity contribution in [3.8, 4) is 0 Å². The third-order valence-corrected chi connectivity index (χ3v) is 9.81. The van der Waals surface area contributed by atoms with Crippen molar-refractivity contribution in [3.63, 3.8) is 0 Å². The first-order valence-electron chi connectivity index (χ1n) is 12.4. The fourth-order valence-corrected chi connectivity index (χ4v) is 7.01. The second-order valence-corrected chi connectivity index (χ2v) is 12.2. The topological polar surface area (TPSA) is 93.6 Å². The van der Waals surface area contributed by atoms with E-state index in [-0.39, 0.29) is 42.2 Å². The zero-order valence-corrected chi connectivity index (χ0v) is 22.6. The Bertz CT molecular complexity index is 1190. The van der Waals surface area contributed by atoms with Gasteiger partial charge in [-0.1, -0.05) is 36.5 Å². The molecule has 2 heterocycles. The normalized spacial score (nSPS) is 25.8. The van der Waals surface area contributed by atoms with Gasteiger partial charge in [-0.2, -0.15) is 17.5 Å². The molecule has 8 nitrogen and oxygen atoms in total. The number of allylic oxidation sites excluding steroid dienone is 4. The summed E-state index contributed by atoms with van der Waals surface area (Å²) in [5.74, 6) is 0. The Labute approximate surface area is 226 Å². The smallest absolute Gasteiger partial charge is 0.395 e. The number of thiocarbonyl (C=S) groups is 1. The van der Waals surface area contributed by atoms with Crippen LogP contribution in [0.15, 0.2) is 47.4 Å². The fraction of sp³-hybridized carbons (Fsp3) is 0.560. The number of aliphatic hydroxyl groups is 2. The third kappa shape index (κ3) is 5.83. The number of aliphatic hydroxyl groups excluding tert-OH is 1. The van der Waals surface area contributed by atoms with Crippen LogP contribution in [0.25, 0.3) is 0 Å². The minimum atomic E-state index is -4.84. The van der Waals surface area contributed by atoms with Crippen LogP contribution >= 0.6 is 12.2 Å². The lowest BCUT2D eigenvalue weighted by Gasteiger charge is -2.46. The number of hydrogen-bond acceptors (Lipinski definition) is 8. The van der Waals surface area contributed by atoms with E-state index in [1.54, 1.807) is 12.2 Å². The maximum Gasteiger partial charge on any atom is 0.421 e. The molecule has 1 aliphatic carbocycles. The van der Waals surface area contributed by atoms with Gasteiger partial charge in [0.15, 0.2) is 5.60 Å². The number of benzene rings is 1. The summed E-state index contributed by atoms with van der Waals surface area (Å²) < 4.78 is 73.9. The molecule has 0 aromatic heterocycles. The van der Waals surface area contributed by atoms with Crippen LogP contribution in [0.3, 0.4) is 0 Å². The number of hydrogen-bond donors (Lipinski definition) is 2. The van der Waals surface area contributed by atoms with E-state index in [1.807, 2.05) is 9.80 Å². The predicted octanol–water partition coefficient (Wildman–Crippen LogP) is 2.18. The molecule has 1 aromatic carbocycles. The Morgan fingerprint density at radius 3 is 2.47 bits per heavy atom. The Hall–Kier alpha value is -1.87. The SMILES string of the molecule is C[C@](O)(c1ccc(N2CCN(S(=O)(=O)C3=CC=CCC3=S)C[C@@H]2CN2CCOC[C@@H]2CO)cc1)C(F)(F)F. The molecular weight excluding hydrogens is 543 g/mol. The minimum absolute atomic E-state index is 0.112. The van der Waals surface area contributed by atoms with Crippen molar-refractivity contribution in [1.29, 1.82) is 0 Å². The van der Waals surface area contributed by atoms with Gasteiger partial charge >= 0.3 is 6.18 Å². The Morgan fingerprint density at radius 2 is 1.84 bits per heavy atom. The van der Waals surface area contributed by atoms with Crippen molar-refractivity contribution in [1.82, 2.24) is 9.21 Å². The number of piperazine rings is 1. The molecule has 2 saturated heterocycles. The number of ether oxygens (including phenoxy) is 1. The van der Waals surface area contributed by atoms with E-state index in [0.29, 0.717) is 56.7 Å². The largest absolute Gasteiger partial charge is 0.421 e. The Balaban J connectivity index is 1.62. The summed E-state index contributed by atoms with van der Waals surface area (Å²) in [7, 11) is -3.85. The lowest BCUT2D eigenvalue weighted by atomic mass is 9.95. The number of rotatable bonds is 7. The standard InChI is InChI=1S/C25H32F3N3O5S2/c1-24(33,25(26,27)28)18-6-8-19(9-7-18)31-11-10-30(38(34,35)23-5-3-2-4-22(23)37)15-20(31)14-29-12-13-36-17-21(29)16-32/h2-3,5-9,20-21,32-33H,4,10-17H2,1H3/t20-,21-,24-/m0/s1. The fourth-order valence-electron chi connectivity index (χ4n) is 4.94. The highest BCUT2D eigenvalue weighted by molar-refractivity contribution is 7.96. The molecule has 210 valence electrons. The van der Waals surface area contributed by atoms with Gasteiger partial charge in [0.2, 0.25) is 10.0 Å². The highest BCUT2D eigenvalue weighted by Gasteiger charge is 2.51. The van der Waals surface area contributed by atoms with Gasteiger partial charge in [-0.15, -0.1) is 0 Å². The molecule has 38 heavy (non-hydrogen) atoms. The van der Waals surface area contributed by atoms with E-state index >= 15 is 0 Å². The number of anilines is 1. The van der Waals surface area contributed by atoms with Crippen molar-refractivity contribution in [2.75, 3.05) is 57.4 Å². The molecule has 0 radical (unpaired) electrons. The van der Waals surface area contributed by atoms with Gasteiger partial charge in [0.1, 0.15) is 0 Å². The Kier molecular flexibility index (Phi) is 8.67. The van der Waals surface area contributed by atoms with Gasteiger partial charge in [0, 0.05) is 49.7 Å². The van der Waals surface area contributed by atoms with E-state index in [0.717, 1.165) is 0 Å². The van der Waals surface area contributed by atoms with Gasteiger partial charge in [-0.05, 0) is 30.7 Å². The number of nitrogens with zero attached hydrogens (tertiary/aromatic N) is 3. The summed E-state index contributed by atoms with van der Waals surface area (Å²) in [6.07, 6.45) is 0.528. The molecule has 3 aliphatic rings. The van der Waals surface area contributed by atoms with Gasteiger partial charge in [-0.25, -0.2) is 8.42 Å². The molecular formula is C25H32F3N3O5S2. The number of morpholine rings is 1. The van der Waals surface area contributed by atoms with Crippen LogP contribution < -0.4 is 4.90 Å². The van der Waals surface area contributed by atoms with Crippen LogP contribution in [-0.4, -0.2) is 104 Å². The number of alkyl halides is 3. The van der Waals surface area contributed by atoms with Crippen LogP contribution in [0.1, 0.15) is 18.9 Å². The first kappa shape index (κ1) is 29.1. The quantitative estimate of drug-likeness (QED) is 0.478. The minimum Gasteiger partial charge on any atom is -0.395 e. The zero-order valence-electron chi connectivity index (χ0n) is 21.0.